The van der Waals surface area contributed by atoms with Crippen LogP contribution in [-0.4, -0.2) is 38.9 Å². The van der Waals surface area contributed by atoms with Crippen LogP contribution in [0, 0.1) is 20.2 Å². The molecule has 0 aromatic heterocycles. The number of urea groups is 1. The Hall–Kier alpha value is -2.59. The van der Waals surface area contributed by atoms with Gasteiger partial charge in [0.05, 0.1) is 0 Å². The lowest BCUT2D eigenvalue weighted by atomic mass is 10.2. The van der Waals surface area contributed by atoms with Crippen LogP contribution in [0.5, 0.6) is 0 Å². The Morgan fingerprint density at radius 1 is 1.20 bits per heavy atom. The number of barbiturate groups is 1. The molecule has 0 saturated carbocycles. The van der Waals surface area contributed by atoms with Crippen molar-refractivity contribution in [1.82, 2.24) is 10.3 Å². The van der Waals surface area contributed by atoms with Crippen LogP contribution in [-0.2, 0) is 9.59 Å². The third kappa shape index (κ3) is 1.56. The Bertz CT molecular complexity index is 354. The highest BCUT2D eigenvalue weighted by atomic mass is 16.7. The van der Waals surface area contributed by atoms with Gasteiger partial charge in [0, 0.05) is 9.93 Å². The first-order valence-corrected chi connectivity index (χ1v) is 3.33. The first-order valence-electron chi connectivity index (χ1n) is 3.33. The SMILES string of the molecule is O=C1NC(=O)N([N+](=O)[O-])C(=O)C1[N+](=O)[O-]. The van der Waals surface area contributed by atoms with Gasteiger partial charge in [-0.15, -0.1) is 0 Å². The molecule has 1 aliphatic rings. The number of imide groups is 2. The van der Waals surface area contributed by atoms with E-state index in [2.05, 4.69) is 0 Å². The van der Waals surface area contributed by atoms with E-state index in [4.69, 9.17) is 0 Å². The van der Waals surface area contributed by atoms with Crippen LogP contribution in [0.2, 0.25) is 0 Å². The zero-order valence-corrected chi connectivity index (χ0v) is 6.78. The highest BCUT2D eigenvalue weighted by molar-refractivity contribution is 6.17. The Labute approximate surface area is 79.9 Å². The zero-order chi connectivity index (χ0) is 11.7. The van der Waals surface area contributed by atoms with Crippen molar-refractivity contribution >= 4 is 17.8 Å². The summed E-state index contributed by atoms with van der Waals surface area (Å²) >= 11 is 0. The minimum atomic E-state index is -2.46. The van der Waals surface area contributed by atoms with E-state index in [0.717, 1.165) is 0 Å². The van der Waals surface area contributed by atoms with Gasteiger partial charge in [-0.05, 0) is 0 Å². The van der Waals surface area contributed by atoms with Crippen molar-refractivity contribution in [2.24, 2.45) is 0 Å². The number of amides is 4. The van der Waals surface area contributed by atoms with Crippen molar-refractivity contribution in [2.75, 3.05) is 0 Å². The Balaban J connectivity index is 3.10. The lowest BCUT2D eigenvalue weighted by Crippen LogP contribution is -2.64. The molecule has 1 rings (SSSR count). The summed E-state index contributed by atoms with van der Waals surface area (Å²) in [5.41, 5.74) is 0. The molecule has 0 aliphatic carbocycles. The van der Waals surface area contributed by atoms with Gasteiger partial charge in [0.25, 0.3) is 0 Å². The molecule has 4 amide bonds. The van der Waals surface area contributed by atoms with E-state index in [9.17, 15) is 34.6 Å². The van der Waals surface area contributed by atoms with Gasteiger partial charge in [0.2, 0.25) is 0 Å². The van der Waals surface area contributed by atoms with Gasteiger partial charge in [0.15, 0.2) is 5.03 Å². The second-order valence-electron chi connectivity index (χ2n) is 2.37. The lowest BCUT2D eigenvalue weighted by Gasteiger charge is -2.17. The highest BCUT2D eigenvalue weighted by Gasteiger charge is 2.54. The van der Waals surface area contributed by atoms with Crippen LogP contribution >= 0.6 is 0 Å². The normalized spacial score (nSPS) is 21.2. The van der Waals surface area contributed by atoms with Gasteiger partial charge in [-0.25, -0.2) is 14.9 Å². The summed E-state index contributed by atoms with van der Waals surface area (Å²) in [6.07, 6.45) is 0. The van der Waals surface area contributed by atoms with Gasteiger partial charge >= 0.3 is 23.9 Å². The van der Waals surface area contributed by atoms with E-state index in [-0.39, 0.29) is 0 Å². The molecule has 1 aliphatic heterocycles. The van der Waals surface area contributed by atoms with Gasteiger partial charge < -0.3 is 0 Å². The maximum atomic E-state index is 11.0. The molecule has 0 radical (unpaired) electrons. The summed E-state index contributed by atoms with van der Waals surface area (Å²) in [6, 6.07) is -4.08. The van der Waals surface area contributed by atoms with Gasteiger partial charge in [0.1, 0.15) is 0 Å². The van der Waals surface area contributed by atoms with E-state index in [1.54, 1.807) is 0 Å². The number of nitro groups is 2. The molecule has 1 atom stereocenters. The maximum absolute atomic E-state index is 11.0. The molecule has 11 heteroatoms. The van der Waals surface area contributed by atoms with E-state index in [0.29, 0.717) is 0 Å². The fourth-order valence-corrected chi connectivity index (χ4v) is 0.895. The number of hydrogen-bond acceptors (Lipinski definition) is 7. The highest BCUT2D eigenvalue weighted by Crippen LogP contribution is 2.06. The average molecular weight is 218 g/mol. The van der Waals surface area contributed by atoms with Crippen molar-refractivity contribution in [2.45, 2.75) is 6.04 Å². The van der Waals surface area contributed by atoms with E-state index >= 15 is 0 Å². The van der Waals surface area contributed by atoms with Crippen molar-refractivity contribution in [1.29, 1.82) is 0 Å². The molecule has 1 N–H and O–H groups in total. The van der Waals surface area contributed by atoms with Gasteiger partial charge in [-0.2, -0.15) is 0 Å². The molecule has 0 bridgehead atoms. The summed E-state index contributed by atoms with van der Waals surface area (Å²) in [6.45, 7) is 0. The van der Waals surface area contributed by atoms with Gasteiger partial charge in [-0.1, -0.05) is 0 Å². The van der Waals surface area contributed by atoms with Crippen LogP contribution in [0.25, 0.3) is 0 Å². The predicted molar refractivity (Wildman–Crippen MR) is 38.2 cm³/mol. The molecule has 0 aromatic rings. The van der Waals surface area contributed by atoms with Crippen molar-refractivity contribution in [3.63, 3.8) is 0 Å². The maximum Gasteiger partial charge on any atom is 0.392 e. The fraction of sp³-hybridized carbons (Fsp3) is 0.250. The number of hydrazine groups is 1. The van der Waals surface area contributed by atoms with Crippen molar-refractivity contribution in [3.05, 3.63) is 20.2 Å². The average Bonchev–Trinajstić information content (AvgIpc) is 1.99. The Kier molecular flexibility index (Phi) is 2.30. The largest absolute Gasteiger partial charge is 0.392 e. The predicted octanol–water partition coefficient (Wildman–Crippen LogP) is -2.10. The van der Waals surface area contributed by atoms with Crippen LogP contribution < -0.4 is 5.32 Å². The van der Waals surface area contributed by atoms with Crippen molar-refractivity contribution in [3.8, 4) is 0 Å². The fourth-order valence-electron chi connectivity index (χ4n) is 0.895. The van der Waals surface area contributed by atoms with Crippen LogP contribution in [0.3, 0.4) is 0 Å². The minimum absolute atomic E-state index is 0.616. The Morgan fingerprint density at radius 3 is 2.13 bits per heavy atom. The molecule has 80 valence electrons. The second-order valence-corrected chi connectivity index (χ2v) is 2.37. The lowest BCUT2D eigenvalue weighted by molar-refractivity contribution is -0.619. The molecular weight excluding hydrogens is 216 g/mol. The number of hydrogen-bond donors (Lipinski definition) is 1. The molecule has 1 heterocycles. The summed E-state index contributed by atoms with van der Waals surface area (Å²) in [7, 11) is 0. The number of nitrogens with zero attached hydrogens (tertiary/aromatic N) is 3. The summed E-state index contributed by atoms with van der Waals surface area (Å²) in [4.78, 5) is 51.6. The Morgan fingerprint density at radius 2 is 1.73 bits per heavy atom. The third-order valence-electron chi connectivity index (χ3n) is 1.49. The van der Waals surface area contributed by atoms with Gasteiger partial charge in [-0.3, -0.25) is 25.0 Å². The molecule has 15 heavy (non-hydrogen) atoms. The molecule has 11 nitrogen and oxygen atoms in total. The summed E-state index contributed by atoms with van der Waals surface area (Å²) < 4.78 is 0. The van der Waals surface area contributed by atoms with E-state index in [1.165, 1.54) is 5.32 Å². The van der Waals surface area contributed by atoms with E-state index in [1.807, 2.05) is 0 Å². The van der Waals surface area contributed by atoms with Crippen LogP contribution in [0.1, 0.15) is 0 Å². The quantitative estimate of drug-likeness (QED) is 0.316. The molecule has 1 unspecified atom stereocenters. The van der Waals surface area contributed by atoms with Crippen LogP contribution in [0.15, 0.2) is 0 Å². The number of carbonyl (C=O) groups is 3. The minimum Gasteiger partial charge on any atom is -0.266 e. The molecule has 1 fully saturated rings. The third-order valence-corrected chi connectivity index (χ3v) is 1.49. The van der Waals surface area contributed by atoms with Crippen LogP contribution in [0.4, 0.5) is 4.79 Å². The zero-order valence-electron chi connectivity index (χ0n) is 6.78. The van der Waals surface area contributed by atoms with E-state index < -0.39 is 38.9 Å². The standard InChI is InChI=1S/C4H2N4O7/c9-2-1(7(12)13)3(10)6(8(14)15)4(11)5-2/h1H,(H,5,9,11). The molecule has 0 aromatic carbocycles. The molecule has 0 spiro atoms. The summed E-state index contributed by atoms with van der Waals surface area (Å²) in [5.74, 6) is -3.29. The topological polar surface area (TPSA) is 153 Å². The first-order chi connectivity index (χ1) is 6.86. The monoisotopic (exact) mass is 218 g/mol. The second kappa shape index (κ2) is 3.28. The first kappa shape index (κ1) is 10.5. The number of carbonyl (C=O) groups excluding carboxylic acids is 3. The molecule has 1 saturated heterocycles. The number of rotatable bonds is 2. The molecular formula is C4H2N4O7. The van der Waals surface area contributed by atoms with Crippen molar-refractivity contribution < 1.29 is 24.3 Å². The summed E-state index contributed by atoms with van der Waals surface area (Å²) in [5, 5.41) is 19.6. The number of nitrogens with one attached hydrogen (secondary N) is 1. The smallest absolute Gasteiger partial charge is 0.266 e.